The molecule has 0 atom stereocenters. The summed E-state index contributed by atoms with van der Waals surface area (Å²) in [6.45, 7) is 4.04. The number of aryl methyl sites for hydroxylation is 1. The lowest BCUT2D eigenvalue weighted by molar-refractivity contribution is -0.116. The van der Waals surface area contributed by atoms with Crippen molar-refractivity contribution in [2.75, 3.05) is 43.4 Å². The van der Waals surface area contributed by atoms with Crippen LogP contribution in [0.4, 0.5) is 11.5 Å². The number of anilines is 2. The number of fused-ring (bicyclic) bond motifs is 1. The summed E-state index contributed by atoms with van der Waals surface area (Å²) < 4.78 is 0. The summed E-state index contributed by atoms with van der Waals surface area (Å²) in [7, 11) is 2.13. The van der Waals surface area contributed by atoms with Gasteiger partial charge in [0.25, 0.3) is 0 Å². The second-order valence-electron chi connectivity index (χ2n) is 6.94. The van der Waals surface area contributed by atoms with Crippen LogP contribution in [0, 0.1) is 0 Å². The van der Waals surface area contributed by atoms with E-state index in [-0.39, 0.29) is 5.91 Å². The molecule has 3 heterocycles. The smallest absolute Gasteiger partial charge is 0.224 e. The average Bonchev–Trinajstić information content (AvgIpc) is 3.11. The number of amides is 1. The largest absolute Gasteiger partial charge is 0.354 e. The number of H-pyrrole nitrogens is 1. The second-order valence-corrected chi connectivity index (χ2v) is 6.94. The number of likely N-dealkylation sites (N-methyl/N-ethyl adjacent to an activating group) is 1. The van der Waals surface area contributed by atoms with Gasteiger partial charge in [-0.3, -0.25) is 4.79 Å². The molecule has 0 aliphatic carbocycles. The monoisotopic (exact) mass is 364 g/mol. The van der Waals surface area contributed by atoms with Crippen LogP contribution in [0.3, 0.4) is 0 Å². The maximum Gasteiger partial charge on any atom is 0.224 e. The fourth-order valence-corrected chi connectivity index (χ4v) is 3.26. The minimum Gasteiger partial charge on any atom is -0.354 e. The number of benzene rings is 1. The third-order valence-electron chi connectivity index (χ3n) is 4.89. The molecule has 1 aromatic carbocycles. The van der Waals surface area contributed by atoms with E-state index in [0.29, 0.717) is 12.8 Å². The van der Waals surface area contributed by atoms with Crippen LogP contribution in [-0.4, -0.2) is 59.0 Å². The molecule has 27 heavy (non-hydrogen) atoms. The second kappa shape index (κ2) is 7.75. The Morgan fingerprint density at radius 1 is 1.15 bits per heavy atom. The molecule has 0 radical (unpaired) electrons. The van der Waals surface area contributed by atoms with Gasteiger partial charge in [0.2, 0.25) is 5.91 Å². The lowest BCUT2D eigenvalue weighted by atomic mass is 10.2. The predicted octanol–water partition coefficient (Wildman–Crippen LogP) is 2.28. The molecule has 1 fully saturated rings. The quantitative estimate of drug-likeness (QED) is 0.726. The number of para-hydroxylation sites is 2. The molecular formula is C20H24N6O. The summed E-state index contributed by atoms with van der Waals surface area (Å²) in [4.78, 5) is 29.1. The first kappa shape index (κ1) is 17.5. The highest BCUT2D eigenvalue weighted by molar-refractivity contribution is 5.90. The van der Waals surface area contributed by atoms with Gasteiger partial charge in [-0.15, -0.1) is 0 Å². The number of pyridine rings is 1. The maximum atomic E-state index is 12.2. The predicted molar refractivity (Wildman–Crippen MR) is 107 cm³/mol. The highest BCUT2D eigenvalue weighted by atomic mass is 16.1. The number of hydrogen-bond donors (Lipinski definition) is 2. The van der Waals surface area contributed by atoms with Gasteiger partial charge in [0.15, 0.2) is 0 Å². The summed E-state index contributed by atoms with van der Waals surface area (Å²) >= 11 is 0. The Labute approximate surface area is 158 Å². The van der Waals surface area contributed by atoms with Crippen LogP contribution in [0.5, 0.6) is 0 Å². The first-order valence-electron chi connectivity index (χ1n) is 9.30. The maximum absolute atomic E-state index is 12.2. The van der Waals surface area contributed by atoms with Gasteiger partial charge in [-0.1, -0.05) is 12.1 Å². The molecule has 3 aromatic rings. The molecule has 4 rings (SSSR count). The summed E-state index contributed by atoms with van der Waals surface area (Å²) in [5.41, 5.74) is 2.65. The number of piperazine rings is 1. The normalized spacial score (nSPS) is 15.2. The van der Waals surface area contributed by atoms with Crippen molar-refractivity contribution in [3.05, 3.63) is 48.4 Å². The Kier molecular flexibility index (Phi) is 5.02. The van der Waals surface area contributed by atoms with Crippen molar-refractivity contribution in [3.8, 4) is 0 Å². The first-order chi connectivity index (χ1) is 13.2. The molecule has 0 saturated carbocycles. The topological polar surface area (TPSA) is 77.1 Å². The Bertz CT molecular complexity index is 879. The number of rotatable bonds is 5. The molecule has 0 spiro atoms. The summed E-state index contributed by atoms with van der Waals surface area (Å²) in [6, 6.07) is 11.8. The molecule has 140 valence electrons. The van der Waals surface area contributed by atoms with Crippen molar-refractivity contribution in [1.82, 2.24) is 19.9 Å². The van der Waals surface area contributed by atoms with Crippen LogP contribution < -0.4 is 10.2 Å². The number of aromatic nitrogens is 3. The van der Waals surface area contributed by atoms with Crippen LogP contribution in [0.15, 0.2) is 42.6 Å². The molecule has 7 heteroatoms. The summed E-state index contributed by atoms with van der Waals surface area (Å²) in [6.07, 6.45) is 2.68. The third kappa shape index (κ3) is 4.25. The zero-order valence-electron chi connectivity index (χ0n) is 15.5. The number of hydrogen-bond acceptors (Lipinski definition) is 5. The molecule has 2 N–H and O–H groups in total. The zero-order chi connectivity index (χ0) is 18.6. The fraction of sp³-hybridized carbons (Fsp3) is 0.350. The van der Waals surface area contributed by atoms with Crippen LogP contribution in [-0.2, 0) is 11.2 Å². The zero-order valence-corrected chi connectivity index (χ0v) is 15.5. The van der Waals surface area contributed by atoms with Gasteiger partial charge in [-0.25, -0.2) is 9.97 Å². The van der Waals surface area contributed by atoms with E-state index < -0.39 is 0 Å². The SMILES string of the molecule is CN1CCN(c2ccc(NC(=O)CCc3nc4ccccc4[nH]3)cn2)CC1. The number of carbonyl (C=O) groups is 1. The molecule has 1 aliphatic heterocycles. The van der Waals surface area contributed by atoms with Crippen LogP contribution >= 0.6 is 0 Å². The van der Waals surface area contributed by atoms with Crippen molar-refractivity contribution in [3.63, 3.8) is 0 Å². The number of imidazole rings is 1. The Hall–Kier alpha value is -2.93. The van der Waals surface area contributed by atoms with Crippen molar-refractivity contribution >= 4 is 28.4 Å². The highest BCUT2D eigenvalue weighted by Crippen LogP contribution is 2.16. The molecule has 1 aliphatic rings. The third-order valence-corrected chi connectivity index (χ3v) is 4.89. The Morgan fingerprint density at radius 2 is 1.96 bits per heavy atom. The Morgan fingerprint density at radius 3 is 2.70 bits per heavy atom. The van der Waals surface area contributed by atoms with Crippen LogP contribution in [0.25, 0.3) is 11.0 Å². The van der Waals surface area contributed by atoms with E-state index in [4.69, 9.17) is 0 Å². The molecule has 1 amide bonds. The van der Waals surface area contributed by atoms with E-state index in [1.165, 1.54) is 0 Å². The first-order valence-corrected chi connectivity index (χ1v) is 9.30. The van der Waals surface area contributed by atoms with E-state index in [9.17, 15) is 4.79 Å². The number of nitrogens with one attached hydrogen (secondary N) is 2. The van der Waals surface area contributed by atoms with Gasteiger partial charge in [0.1, 0.15) is 11.6 Å². The van der Waals surface area contributed by atoms with E-state index >= 15 is 0 Å². The summed E-state index contributed by atoms with van der Waals surface area (Å²) in [5, 5.41) is 2.91. The van der Waals surface area contributed by atoms with Gasteiger partial charge in [0, 0.05) is 39.0 Å². The molecule has 1 saturated heterocycles. The lowest BCUT2D eigenvalue weighted by Crippen LogP contribution is -2.44. The molecule has 2 aromatic heterocycles. The minimum atomic E-state index is -0.0374. The molecule has 0 bridgehead atoms. The standard InChI is InChI=1S/C20H24N6O/c1-25-10-12-26(13-11-25)19-8-6-15(14-21-19)22-20(27)9-7-18-23-16-4-2-3-5-17(16)24-18/h2-6,8,14H,7,9-13H2,1H3,(H,22,27)(H,23,24). The van der Waals surface area contributed by atoms with Crippen molar-refractivity contribution < 1.29 is 4.79 Å². The van der Waals surface area contributed by atoms with Crippen molar-refractivity contribution in [2.45, 2.75) is 12.8 Å². The van der Waals surface area contributed by atoms with Gasteiger partial charge >= 0.3 is 0 Å². The number of carbonyl (C=O) groups excluding carboxylic acids is 1. The van der Waals surface area contributed by atoms with E-state index in [1.807, 2.05) is 36.4 Å². The van der Waals surface area contributed by atoms with Crippen LogP contribution in [0.1, 0.15) is 12.2 Å². The average molecular weight is 364 g/mol. The van der Waals surface area contributed by atoms with Gasteiger partial charge < -0.3 is 20.1 Å². The Balaban J connectivity index is 1.30. The minimum absolute atomic E-state index is 0.0374. The van der Waals surface area contributed by atoms with Crippen LogP contribution in [0.2, 0.25) is 0 Å². The van der Waals surface area contributed by atoms with Crippen molar-refractivity contribution in [1.29, 1.82) is 0 Å². The van der Waals surface area contributed by atoms with Gasteiger partial charge in [-0.2, -0.15) is 0 Å². The van der Waals surface area contributed by atoms with E-state index in [2.05, 4.69) is 37.1 Å². The fourth-order valence-electron chi connectivity index (χ4n) is 3.26. The molecular weight excluding hydrogens is 340 g/mol. The van der Waals surface area contributed by atoms with Gasteiger partial charge in [-0.05, 0) is 31.3 Å². The van der Waals surface area contributed by atoms with E-state index in [0.717, 1.165) is 54.5 Å². The van der Waals surface area contributed by atoms with Gasteiger partial charge in [0.05, 0.1) is 22.9 Å². The number of nitrogens with zero attached hydrogens (tertiary/aromatic N) is 4. The van der Waals surface area contributed by atoms with E-state index in [1.54, 1.807) is 6.20 Å². The lowest BCUT2D eigenvalue weighted by Gasteiger charge is -2.33. The molecule has 7 nitrogen and oxygen atoms in total. The number of aromatic amines is 1. The molecule has 0 unspecified atom stereocenters. The van der Waals surface area contributed by atoms with Crippen molar-refractivity contribution in [2.24, 2.45) is 0 Å². The highest BCUT2D eigenvalue weighted by Gasteiger charge is 2.15. The summed E-state index contributed by atoms with van der Waals surface area (Å²) in [5.74, 6) is 1.75.